The molecular formula is C14H17F4N. The van der Waals surface area contributed by atoms with Crippen LogP contribution in [0.4, 0.5) is 17.6 Å². The number of halogens is 4. The molecule has 1 aliphatic rings. The van der Waals surface area contributed by atoms with Crippen LogP contribution in [0.5, 0.6) is 0 Å². The Labute approximate surface area is 110 Å². The quantitative estimate of drug-likeness (QED) is 0.806. The van der Waals surface area contributed by atoms with E-state index in [4.69, 9.17) is 0 Å². The molecule has 1 nitrogen and oxygen atoms in total. The molecule has 1 aromatic carbocycles. The average molecular weight is 275 g/mol. The molecule has 0 amide bonds. The van der Waals surface area contributed by atoms with Crippen molar-refractivity contribution in [3.05, 3.63) is 35.1 Å². The van der Waals surface area contributed by atoms with E-state index in [0.717, 1.165) is 38.1 Å². The second-order valence-electron chi connectivity index (χ2n) is 5.00. The number of hydrogen-bond donors (Lipinski definition) is 1. The van der Waals surface area contributed by atoms with Crippen LogP contribution in [0.1, 0.15) is 36.8 Å². The van der Waals surface area contributed by atoms with Gasteiger partial charge < -0.3 is 5.32 Å². The van der Waals surface area contributed by atoms with Gasteiger partial charge in [-0.05, 0) is 49.0 Å². The molecule has 2 unspecified atom stereocenters. The lowest BCUT2D eigenvalue weighted by Crippen LogP contribution is -2.35. The van der Waals surface area contributed by atoms with E-state index in [0.29, 0.717) is 11.5 Å². The van der Waals surface area contributed by atoms with E-state index in [2.05, 4.69) is 5.32 Å². The highest BCUT2D eigenvalue weighted by atomic mass is 19.4. The molecule has 1 N–H and O–H groups in total. The Morgan fingerprint density at radius 1 is 1.32 bits per heavy atom. The second-order valence-corrected chi connectivity index (χ2v) is 5.00. The fourth-order valence-electron chi connectivity index (χ4n) is 2.78. The van der Waals surface area contributed by atoms with Gasteiger partial charge in [0.1, 0.15) is 5.82 Å². The van der Waals surface area contributed by atoms with Crippen LogP contribution in [0, 0.1) is 11.7 Å². The average Bonchev–Trinajstić information content (AvgIpc) is 2.37. The Morgan fingerprint density at radius 3 is 2.63 bits per heavy atom. The van der Waals surface area contributed by atoms with E-state index in [1.54, 1.807) is 0 Å². The SMILES string of the molecule is CCC1CNCCC1c1ccc(C(F)(F)F)c(F)c1. The van der Waals surface area contributed by atoms with E-state index >= 15 is 0 Å². The Balaban J connectivity index is 2.28. The molecule has 0 aliphatic carbocycles. The highest BCUT2D eigenvalue weighted by Crippen LogP contribution is 2.36. The summed E-state index contributed by atoms with van der Waals surface area (Å²) < 4.78 is 51.1. The molecule has 1 fully saturated rings. The van der Waals surface area contributed by atoms with Crippen molar-refractivity contribution in [2.75, 3.05) is 13.1 Å². The first-order valence-electron chi connectivity index (χ1n) is 6.50. The van der Waals surface area contributed by atoms with Crippen molar-refractivity contribution < 1.29 is 17.6 Å². The minimum Gasteiger partial charge on any atom is -0.316 e. The Morgan fingerprint density at radius 2 is 2.05 bits per heavy atom. The summed E-state index contributed by atoms with van der Waals surface area (Å²) >= 11 is 0. The van der Waals surface area contributed by atoms with Crippen LogP contribution < -0.4 is 5.32 Å². The number of benzene rings is 1. The molecule has 106 valence electrons. The maximum atomic E-state index is 13.6. The largest absolute Gasteiger partial charge is 0.419 e. The zero-order valence-electron chi connectivity index (χ0n) is 10.7. The van der Waals surface area contributed by atoms with Crippen molar-refractivity contribution in [3.8, 4) is 0 Å². The van der Waals surface area contributed by atoms with E-state index in [9.17, 15) is 17.6 Å². The molecule has 1 saturated heterocycles. The summed E-state index contributed by atoms with van der Waals surface area (Å²) in [4.78, 5) is 0. The van der Waals surface area contributed by atoms with Gasteiger partial charge in [-0.1, -0.05) is 19.4 Å². The van der Waals surface area contributed by atoms with E-state index < -0.39 is 17.6 Å². The van der Waals surface area contributed by atoms with Gasteiger partial charge >= 0.3 is 6.18 Å². The maximum Gasteiger partial charge on any atom is 0.419 e. The minimum atomic E-state index is -4.62. The predicted octanol–water partition coefficient (Wildman–Crippen LogP) is 3.95. The summed E-state index contributed by atoms with van der Waals surface area (Å²) in [6.45, 7) is 3.71. The van der Waals surface area contributed by atoms with Crippen LogP contribution in [0.2, 0.25) is 0 Å². The number of piperidine rings is 1. The van der Waals surface area contributed by atoms with Crippen LogP contribution in [0.25, 0.3) is 0 Å². The first kappa shape index (κ1) is 14.3. The van der Waals surface area contributed by atoms with Crippen LogP contribution in [-0.2, 0) is 6.18 Å². The molecule has 0 radical (unpaired) electrons. The number of rotatable bonds is 2. The van der Waals surface area contributed by atoms with E-state index in [1.807, 2.05) is 6.92 Å². The zero-order chi connectivity index (χ0) is 14.0. The second kappa shape index (κ2) is 5.49. The summed E-state index contributed by atoms with van der Waals surface area (Å²) in [6, 6.07) is 3.34. The van der Waals surface area contributed by atoms with Crippen molar-refractivity contribution in [2.24, 2.45) is 5.92 Å². The molecular weight excluding hydrogens is 258 g/mol. The molecule has 2 atom stereocenters. The molecule has 1 aromatic rings. The standard InChI is InChI=1S/C14H17F4N/c1-2-9-8-19-6-5-11(9)10-3-4-12(13(15)7-10)14(16,17)18/h3-4,7,9,11,19H,2,5-6,8H2,1H3. The summed E-state index contributed by atoms with van der Waals surface area (Å²) in [5.41, 5.74) is -0.503. The van der Waals surface area contributed by atoms with Crippen molar-refractivity contribution in [3.63, 3.8) is 0 Å². The van der Waals surface area contributed by atoms with Crippen molar-refractivity contribution in [2.45, 2.75) is 31.9 Å². The predicted molar refractivity (Wildman–Crippen MR) is 65.4 cm³/mol. The van der Waals surface area contributed by atoms with Crippen molar-refractivity contribution in [1.29, 1.82) is 0 Å². The Bertz CT molecular complexity index is 442. The van der Waals surface area contributed by atoms with E-state index in [1.165, 1.54) is 6.07 Å². The Kier molecular flexibility index (Phi) is 4.13. The van der Waals surface area contributed by atoms with Gasteiger partial charge in [0.15, 0.2) is 0 Å². The number of hydrogen-bond acceptors (Lipinski definition) is 1. The Hall–Kier alpha value is -1.10. The third kappa shape index (κ3) is 3.08. The smallest absolute Gasteiger partial charge is 0.316 e. The van der Waals surface area contributed by atoms with Gasteiger partial charge in [0.25, 0.3) is 0 Å². The van der Waals surface area contributed by atoms with Crippen LogP contribution in [-0.4, -0.2) is 13.1 Å². The molecule has 0 aromatic heterocycles. The summed E-state index contributed by atoms with van der Waals surface area (Å²) in [5, 5.41) is 3.26. The first-order chi connectivity index (χ1) is 8.93. The van der Waals surface area contributed by atoms with Gasteiger partial charge in [-0.25, -0.2) is 4.39 Å². The van der Waals surface area contributed by atoms with Crippen LogP contribution >= 0.6 is 0 Å². The lowest BCUT2D eigenvalue weighted by Gasteiger charge is -2.32. The third-order valence-electron chi connectivity index (χ3n) is 3.86. The number of nitrogens with one attached hydrogen (secondary N) is 1. The van der Waals surface area contributed by atoms with Gasteiger partial charge in [-0.2, -0.15) is 13.2 Å². The van der Waals surface area contributed by atoms with Crippen molar-refractivity contribution in [1.82, 2.24) is 5.32 Å². The molecule has 0 bridgehead atoms. The van der Waals surface area contributed by atoms with Gasteiger partial charge in [0.2, 0.25) is 0 Å². The van der Waals surface area contributed by atoms with Crippen LogP contribution in [0.15, 0.2) is 18.2 Å². The monoisotopic (exact) mass is 275 g/mol. The van der Waals surface area contributed by atoms with E-state index in [-0.39, 0.29) is 5.92 Å². The van der Waals surface area contributed by atoms with Gasteiger partial charge in [-0.15, -0.1) is 0 Å². The van der Waals surface area contributed by atoms with Gasteiger partial charge in [-0.3, -0.25) is 0 Å². The molecule has 2 rings (SSSR count). The van der Waals surface area contributed by atoms with Crippen LogP contribution in [0.3, 0.4) is 0 Å². The first-order valence-corrected chi connectivity index (χ1v) is 6.50. The topological polar surface area (TPSA) is 12.0 Å². The maximum absolute atomic E-state index is 13.6. The third-order valence-corrected chi connectivity index (χ3v) is 3.86. The fraction of sp³-hybridized carbons (Fsp3) is 0.571. The fourth-order valence-corrected chi connectivity index (χ4v) is 2.78. The number of alkyl halides is 3. The van der Waals surface area contributed by atoms with Gasteiger partial charge in [0.05, 0.1) is 5.56 Å². The summed E-state index contributed by atoms with van der Waals surface area (Å²) in [7, 11) is 0. The van der Waals surface area contributed by atoms with Gasteiger partial charge in [0, 0.05) is 0 Å². The highest BCUT2D eigenvalue weighted by molar-refractivity contribution is 5.29. The molecule has 19 heavy (non-hydrogen) atoms. The molecule has 0 saturated carbocycles. The summed E-state index contributed by atoms with van der Waals surface area (Å²) in [6.07, 6.45) is -2.86. The zero-order valence-corrected chi connectivity index (χ0v) is 10.7. The lowest BCUT2D eigenvalue weighted by molar-refractivity contribution is -0.140. The minimum absolute atomic E-state index is 0.142. The molecule has 0 spiro atoms. The molecule has 5 heteroatoms. The molecule has 1 aliphatic heterocycles. The lowest BCUT2D eigenvalue weighted by atomic mass is 9.79. The summed E-state index contributed by atoms with van der Waals surface area (Å²) in [5.74, 6) is -0.675. The normalized spacial score (nSPS) is 24.5. The highest BCUT2D eigenvalue weighted by Gasteiger charge is 2.35. The molecule has 1 heterocycles. The van der Waals surface area contributed by atoms with Crippen molar-refractivity contribution >= 4 is 0 Å².